The number of anilines is 1. The van der Waals surface area contributed by atoms with Crippen LogP contribution in [0.5, 0.6) is 0 Å². The molecule has 4 N–H and O–H groups in total. The number of amides is 1. The minimum atomic E-state index is -0.589. The SMILES string of the molecule is NC(=O)c1nn(C2CCOC3(CCOCC3)C2)cc1N. The molecule has 2 saturated heterocycles. The quantitative estimate of drug-likeness (QED) is 0.819. The number of ether oxygens (including phenoxy) is 2. The molecule has 3 heterocycles. The summed E-state index contributed by atoms with van der Waals surface area (Å²) in [5, 5.41) is 4.24. The summed E-state index contributed by atoms with van der Waals surface area (Å²) in [7, 11) is 0. The number of carbonyl (C=O) groups is 1. The number of primary amides is 1. The largest absolute Gasteiger partial charge is 0.396 e. The predicted octanol–water partition coefficient (Wildman–Crippen LogP) is 0.465. The highest BCUT2D eigenvalue weighted by Gasteiger charge is 2.40. The summed E-state index contributed by atoms with van der Waals surface area (Å²) in [5.74, 6) is -0.589. The number of aromatic nitrogens is 2. The maximum atomic E-state index is 11.2. The van der Waals surface area contributed by atoms with Crippen molar-refractivity contribution in [3.63, 3.8) is 0 Å². The normalized spacial score (nSPS) is 25.7. The lowest BCUT2D eigenvalue weighted by Gasteiger charge is -2.43. The minimum absolute atomic E-state index is 0.116. The van der Waals surface area contributed by atoms with Crippen molar-refractivity contribution < 1.29 is 14.3 Å². The Balaban J connectivity index is 1.79. The van der Waals surface area contributed by atoms with E-state index in [9.17, 15) is 4.79 Å². The van der Waals surface area contributed by atoms with Gasteiger partial charge in [0.2, 0.25) is 0 Å². The van der Waals surface area contributed by atoms with Crippen molar-refractivity contribution in [2.45, 2.75) is 37.3 Å². The Morgan fingerprint density at radius 2 is 2.15 bits per heavy atom. The van der Waals surface area contributed by atoms with Crippen molar-refractivity contribution in [3.8, 4) is 0 Å². The fourth-order valence-electron chi connectivity index (χ4n) is 3.10. The average Bonchev–Trinajstić information content (AvgIpc) is 2.82. The van der Waals surface area contributed by atoms with E-state index in [1.807, 2.05) is 0 Å². The van der Waals surface area contributed by atoms with E-state index in [0.717, 1.165) is 38.9 Å². The molecule has 1 spiro atoms. The van der Waals surface area contributed by atoms with Gasteiger partial charge in [0, 0.05) is 26.0 Å². The number of nitrogens with zero attached hydrogens (tertiary/aromatic N) is 2. The molecule has 1 aromatic rings. The van der Waals surface area contributed by atoms with E-state index in [1.54, 1.807) is 10.9 Å². The zero-order valence-corrected chi connectivity index (χ0v) is 11.4. The van der Waals surface area contributed by atoms with Crippen molar-refractivity contribution in [2.24, 2.45) is 5.73 Å². The van der Waals surface area contributed by atoms with Crippen LogP contribution < -0.4 is 11.5 Å². The first-order valence-electron chi connectivity index (χ1n) is 6.96. The third-order valence-electron chi connectivity index (χ3n) is 4.24. The van der Waals surface area contributed by atoms with Crippen LogP contribution in [-0.2, 0) is 9.47 Å². The fraction of sp³-hybridized carbons (Fsp3) is 0.692. The molecular formula is C13H20N4O3. The number of rotatable bonds is 2. The number of hydrogen-bond donors (Lipinski definition) is 2. The first-order valence-corrected chi connectivity index (χ1v) is 6.96. The molecule has 3 rings (SSSR count). The van der Waals surface area contributed by atoms with Gasteiger partial charge in [0.25, 0.3) is 5.91 Å². The van der Waals surface area contributed by atoms with Crippen molar-refractivity contribution >= 4 is 11.6 Å². The van der Waals surface area contributed by atoms with Gasteiger partial charge < -0.3 is 20.9 Å². The van der Waals surface area contributed by atoms with E-state index in [1.165, 1.54) is 0 Å². The summed E-state index contributed by atoms with van der Waals surface area (Å²) >= 11 is 0. The first kappa shape index (κ1) is 13.4. The van der Waals surface area contributed by atoms with E-state index >= 15 is 0 Å². The van der Waals surface area contributed by atoms with Gasteiger partial charge >= 0.3 is 0 Å². The maximum absolute atomic E-state index is 11.2. The molecule has 0 bridgehead atoms. The number of nitrogens with two attached hydrogens (primary N) is 2. The molecule has 1 amide bonds. The monoisotopic (exact) mass is 280 g/mol. The van der Waals surface area contributed by atoms with Gasteiger partial charge in [-0.15, -0.1) is 0 Å². The molecule has 1 atom stereocenters. The molecule has 1 unspecified atom stereocenters. The second kappa shape index (κ2) is 5.06. The molecule has 1 aromatic heterocycles. The summed E-state index contributed by atoms with van der Waals surface area (Å²) < 4.78 is 13.2. The van der Waals surface area contributed by atoms with Crippen molar-refractivity contribution in [1.29, 1.82) is 0 Å². The molecule has 2 aliphatic heterocycles. The van der Waals surface area contributed by atoms with Gasteiger partial charge in [-0.25, -0.2) is 0 Å². The zero-order chi connectivity index (χ0) is 14.2. The lowest BCUT2D eigenvalue weighted by atomic mass is 9.84. The second-order valence-electron chi connectivity index (χ2n) is 5.57. The highest BCUT2D eigenvalue weighted by atomic mass is 16.5. The predicted molar refractivity (Wildman–Crippen MR) is 72.2 cm³/mol. The van der Waals surface area contributed by atoms with Gasteiger partial charge in [0.15, 0.2) is 5.69 Å². The molecule has 110 valence electrons. The number of hydrogen-bond acceptors (Lipinski definition) is 5. The highest BCUT2D eigenvalue weighted by molar-refractivity contribution is 5.95. The van der Waals surface area contributed by atoms with Crippen LogP contribution in [0.15, 0.2) is 6.20 Å². The van der Waals surface area contributed by atoms with Crippen molar-refractivity contribution in [2.75, 3.05) is 25.6 Å². The van der Waals surface area contributed by atoms with Gasteiger partial charge in [-0.05, 0) is 25.7 Å². The molecule has 0 saturated carbocycles. The topological polar surface area (TPSA) is 105 Å². The second-order valence-corrected chi connectivity index (χ2v) is 5.57. The summed E-state index contributed by atoms with van der Waals surface area (Å²) in [5.41, 5.74) is 11.4. The fourth-order valence-corrected chi connectivity index (χ4v) is 3.10. The first-order chi connectivity index (χ1) is 9.60. The zero-order valence-electron chi connectivity index (χ0n) is 11.4. The Hall–Kier alpha value is -1.60. The molecule has 0 aliphatic carbocycles. The molecule has 2 aliphatic rings. The Bertz CT molecular complexity index is 502. The molecular weight excluding hydrogens is 260 g/mol. The van der Waals surface area contributed by atoms with Gasteiger partial charge in [-0.1, -0.05) is 0 Å². The van der Waals surface area contributed by atoms with Crippen molar-refractivity contribution in [3.05, 3.63) is 11.9 Å². The average molecular weight is 280 g/mol. The summed E-state index contributed by atoms with van der Waals surface area (Å²) in [4.78, 5) is 11.2. The standard InChI is InChI=1S/C13H20N4O3/c14-10-8-17(16-11(10)12(15)18)9-1-4-20-13(7-9)2-5-19-6-3-13/h8-9H,1-7,14H2,(H2,15,18). The van der Waals surface area contributed by atoms with E-state index in [2.05, 4.69) is 5.10 Å². The summed E-state index contributed by atoms with van der Waals surface area (Å²) in [6.07, 6.45) is 5.24. The van der Waals surface area contributed by atoms with Crippen LogP contribution in [0.25, 0.3) is 0 Å². The number of nitrogen functional groups attached to an aromatic ring is 1. The third-order valence-corrected chi connectivity index (χ3v) is 4.24. The van der Waals surface area contributed by atoms with Crippen LogP contribution in [0, 0.1) is 0 Å². The molecule has 0 radical (unpaired) electrons. The molecule has 7 heteroatoms. The van der Waals surface area contributed by atoms with Gasteiger partial charge in [0.05, 0.1) is 17.3 Å². The van der Waals surface area contributed by atoms with Crippen LogP contribution in [0.1, 0.15) is 42.2 Å². The van der Waals surface area contributed by atoms with Gasteiger partial charge in [0.1, 0.15) is 0 Å². The summed E-state index contributed by atoms with van der Waals surface area (Å²) in [6.45, 7) is 2.16. The summed E-state index contributed by atoms with van der Waals surface area (Å²) in [6, 6.07) is 0.192. The van der Waals surface area contributed by atoms with Crippen molar-refractivity contribution in [1.82, 2.24) is 9.78 Å². The van der Waals surface area contributed by atoms with E-state index in [4.69, 9.17) is 20.9 Å². The lowest BCUT2D eigenvalue weighted by Crippen LogP contribution is -2.44. The van der Waals surface area contributed by atoms with Gasteiger partial charge in [-0.3, -0.25) is 9.48 Å². The Morgan fingerprint density at radius 3 is 2.80 bits per heavy atom. The minimum Gasteiger partial charge on any atom is -0.396 e. The van der Waals surface area contributed by atoms with Crippen LogP contribution in [0.2, 0.25) is 0 Å². The van der Waals surface area contributed by atoms with E-state index in [0.29, 0.717) is 12.3 Å². The van der Waals surface area contributed by atoms with Crippen LogP contribution in [0.4, 0.5) is 5.69 Å². The van der Waals surface area contributed by atoms with Gasteiger partial charge in [-0.2, -0.15) is 5.10 Å². The number of carbonyl (C=O) groups excluding carboxylic acids is 1. The maximum Gasteiger partial charge on any atom is 0.271 e. The van der Waals surface area contributed by atoms with Crippen LogP contribution in [-0.4, -0.2) is 41.1 Å². The smallest absolute Gasteiger partial charge is 0.271 e. The molecule has 20 heavy (non-hydrogen) atoms. The van der Waals surface area contributed by atoms with Crippen LogP contribution in [0.3, 0.4) is 0 Å². The van der Waals surface area contributed by atoms with Crippen LogP contribution >= 0.6 is 0 Å². The Morgan fingerprint density at radius 1 is 1.40 bits per heavy atom. The Kier molecular flexibility index (Phi) is 3.39. The molecule has 2 fully saturated rings. The third kappa shape index (κ3) is 2.38. The lowest BCUT2D eigenvalue weighted by molar-refractivity contribution is -0.145. The van der Waals surface area contributed by atoms with E-state index < -0.39 is 5.91 Å². The molecule has 0 aromatic carbocycles. The molecule has 7 nitrogen and oxygen atoms in total. The van der Waals surface area contributed by atoms with E-state index in [-0.39, 0.29) is 17.3 Å². The highest BCUT2D eigenvalue weighted by Crippen LogP contribution is 2.39. The Labute approximate surface area is 117 Å².